The average molecular weight is 562 g/mol. The molecule has 4 aliphatic rings. The molecule has 1 aromatic carbocycles. The van der Waals surface area contributed by atoms with E-state index in [1.54, 1.807) is 7.05 Å². The Morgan fingerprint density at radius 1 is 0.976 bits per heavy atom. The van der Waals surface area contributed by atoms with E-state index in [1.165, 1.54) is 0 Å². The summed E-state index contributed by atoms with van der Waals surface area (Å²) in [6.07, 6.45) is 8.09. The van der Waals surface area contributed by atoms with Gasteiger partial charge in [-0.05, 0) is 49.9 Å². The van der Waals surface area contributed by atoms with Gasteiger partial charge in [-0.3, -0.25) is 0 Å². The van der Waals surface area contributed by atoms with Gasteiger partial charge < -0.3 is 29.7 Å². The number of urea groups is 1. The summed E-state index contributed by atoms with van der Waals surface area (Å²) in [5.41, 5.74) is 2.49. The fourth-order valence-electron chi connectivity index (χ4n) is 6.54. The minimum atomic E-state index is -0.474. The Kier molecular flexibility index (Phi) is 6.63. The summed E-state index contributed by atoms with van der Waals surface area (Å²) >= 11 is 0. The van der Waals surface area contributed by atoms with Gasteiger partial charge in [-0.1, -0.05) is 13.8 Å². The Labute approximate surface area is 239 Å². The molecule has 3 saturated heterocycles. The lowest BCUT2D eigenvalue weighted by Gasteiger charge is -2.46. The zero-order valence-electron chi connectivity index (χ0n) is 24.1. The van der Waals surface area contributed by atoms with Crippen LogP contribution in [0.15, 0.2) is 30.5 Å². The molecule has 3 aromatic rings. The van der Waals surface area contributed by atoms with E-state index in [-0.39, 0.29) is 29.7 Å². The molecule has 11 nitrogen and oxygen atoms in total. The first-order valence-electron chi connectivity index (χ1n) is 14.8. The van der Waals surface area contributed by atoms with Gasteiger partial charge in [0, 0.05) is 49.6 Å². The fraction of sp³-hybridized carbons (Fsp3) is 0.600. The molecule has 2 amide bonds. The average Bonchev–Trinajstić information content (AvgIpc) is 3.57. The molecule has 1 aliphatic carbocycles. The number of nitrogens with zero attached hydrogens (tertiary/aromatic N) is 5. The number of morpholine rings is 1. The zero-order valence-corrected chi connectivity index (χ0v) is 24.1. The number of hydrogen-bond donors (Lipinski definition) is 2. The molecule has 2 atom stereocenters. The number of aromatic nitrogens is 4. The summed E-state index contributed by atoms with van der Waals surface area (Å²) in [7, 11) is 1.59. The van der Waals surface area contributed by atoms with Crippen LogP contribution in [0.25, 0.3) is 22.4 Å². The van der Waals surface area contributed by atoms with E-state index in [2.05, 4.69) is 34.1 Å². The maximum Gasteiger partial charge on any atom is 0.318 e. The van der Waals surface area contributed by atoms with Crippen LogP contribution in [-0.2, 0) is 14.2 Å². The summed E-state index contributed by atoms with van der Waals surface area (Å²) in [5, 5.41) is 11.3. The lowest BCUT2D eigenvalue weighted by atomic mass is 9.87. The zero-order chi connectivity index (χ0) is 28.2. The van der Waals surface area contributed by atoms with Crippen LogP contribution in [-0.4, -0.2) is 77.1 Å². The number of nitrogens with one attached hydrogen (secondary N) is 2. The van der Waals surface area contributed by atoms with E-state index >= 15 is 0 Å². The van der Waals surface area contributed by atoms with Crippen LogP contribution in [0, 0.1) is 5.41 Å². The number of fused-ring (bicyclic) bond motifs is 3. The number of ether oxygens (including phenoxy) is 3. The van der Waals surface area contributed by atoms with E-state index < -0.39 is 5.79 Å². The molecule has 1 saturated carbocycles. The highest BCUT2D eigenvalue weighted by atomic mass is 16.7. The van der Waals surface area contributed by atoms with Crippen molar-refractivity contribution in [3.63, 3.8) is 0 Å². The van der Waals surface area contributed by atoms with Crippen molar-refractivity contribution in [3.8, 4) is 11.4 Å². The SMILES string of the molecule is CNC(=O)Nc1ccc(-c2nc(N3CC4CCC(C3)O4)c3cnn(C4CCC5(CC4)OCC(C)(C)CO5)c3n2)cc1. The smallest absolute Gasteiger partial charge is 0.318 e. The van der Waals surface area contributed by atoms with E-state index in [9.17, 15) is 4.79 Å². The summed E-state index contributed by atoms with van der Waals surface area (Å²) in [6, 6.07) is 7.58. The van der Waals surface area contributed by atoms with Gasteiger partial charge in [-0.15, -0.1) is 0 Å². The second-order valence-electron chi connectivity index (χ2n) is 12.7. The Bertz CT molecular complexity index is 1410. The third kappa shape index (κ3) is 5.15. The lowest BCUT2D eigenvalue weighted by Crippen LogP contribution is -2.49. The molecule has 5 heterocycles. The highest BCUT2D eigenvalue weighted by Gasteiger charge is 2.44. The van der Waals surface area contributed by atoms with Crippen molar-refractivity contribution in [2.75, 3.05) is 43.6 Å². The van der Waals surface area contributed by atoms with Gasteiger partial charge in [0.25, 0.3) is 0 Å². The highest BCUT2D eigenvalue weighted by molar-refractivity contribution is 5.90. The Hall–Kier alpha value is -3.28. The Balaban J connectivity index is 1.21. The van der Waals surface area contributed by atoms with Crippen LogP contribution in [0.3, 0.4) is 0 Å². The van der Waals surface area contributed by atoms with Crippen molar-refractivity contribution >= 4 is 28.6 Å². The molecule has 7 rings (SSSR count). The molecule has 2 N–H and O–H groups in total. The number of hydrogen-bond acceptors (Lipinski definition) is 8. The van der Waals surface area contributed by atoms with Crippen LogP contribution in [0.4, 0.5) is 16.3 Å². The molecule has 2 unspecified atom stereocenters. The van der Waals surface area contributed by atoms with Crippen molar-refractivity contribution < 1.29 is 19.0 Å². The number of carbonyl (C=O) groups is 1. The first-order valence-corrected chi connectivity index (χ1v) is 14.8. The molecule has 41 heavy (non-hydrogen) atoms. The minimum Gasteiger partial charge on any atom is -0.371 e. The molecule has 4 fully saturated rings. The molecule has 3 aliphatic heterocycles. The molecule has 0 radical (unpaired) electrons. The second kappa shape index (κ2) is 10.2. The summed E-state index contributed by atoms with van der Waals surface area (Å²) in [5.74, 6) is 1.09. The van der Waals surface area contributed by atoms with Crippen molar-refractivity contribution in [1.82, 2.24) is 25.1 Å². The van der Waals surface area contributed by atoms with Crippen molar-refractivity contribution in [3.05, 3.63) is 30.5 Å². The number of anilines is 2. The van der Waals surface area contributed by atoms with E-state index in [1.807, 2.05) is 30.5 Å². The molecular formula is C30H39N7O4. The van der Waals surface area contributed by atoms with Crippen molar-refractivity contribution in [2.24, 2.45) is 5.41 Å². The van der Waals surface area contributed by atoms with Gasteiger partial charge in [0.2, 0.25) is 0 Å². The van der Waals surface area contributed by atoms with Crippen LogP contribution >= 0.6 is 0 Å². The van der Waals surface area contributed by atoms with E-state index in [0.29, 0.717) is 11.5 Å². The van der Waals surface area contributed by atoms with Crippen LogP contribution in [0.5, 0.6) is 0 Å². The Morgan fingerprint density at radius 2 is 1.66 bits per heavy atom. The van der Waals surface area contributed by atoms with Crippen LogP contribution < -0.4 is 15.5 Å². The fourth-order valence-corrected chi connectivity index (χ4v) is 6.54. The standard InChI is InChI=1S/C30H39N7O4/c1-29(2)17-39-30(40-18-29)12-10-21(11-13-30)37-27-24(14-32-37)26(36-15-22-8-9-23(16-36)41-22)34-25(35-27)19-4-6-20(7-5-19)33-28(38)31-3/h4-7,14,21-23H,8-13,15-18H2,1-3H3,(H2,31,33,38). The number of benzene rings is 1. The van der Waals surface area contributed by atoms with E-state index in [4.69, 9.17) is 29.3 Å². The van der Waals surface area contributed by atoms with Gasteiger partial charge in [-0.2, -0.15) is 5.10 Å². The lowest BCUT2D eigenvalue weighted by molar-refractivity contribution is -0.312. The monoisotopic (exact) mass is 561 g/mol. The van der Waals surface area contributed by atoms with Crippen molar-refractivity contribution in [2.45, 2.75) is 76.4 Å². The normalized spacial score (nSPS) is 25.5. The topological polar surface area (TPSA) is 116 Å². The summed E-state index contributed by atoms with van der Waals surface area (Å²) in [6.45, 7) is 7.45. The van der Waals surface area contributed by atoms with Crippen molar-refractivity contribution in [1.29, 1.82) is 0 Å². The third-order valence-corrected chi connectivity index (χ3v) is 8.92. The van der Waals surface area contributed by atoms with Crippen LogP contribution in [0.2, 0.25) is 0 Å². The van der Waals surface area contributed by atoms with E-state index in [0.717, 1.165) is 87.2 Å². The quantitative estimate of drug-likeness (QED) is 0.479. The Morgan fingerprint density at radius 3 is 2.32 bits per heavy atom. The molecular weight excluding hydrogens is 522 g/mol. The molecule has 11 heteroatoms. The molecule has 2 bridgehead atoms. The van der Waals surface area contributed by atoms with Gasteiger partial charge in [0.1, 0.15) is 5.82 Å². The predicted octanol–water partition coefficient (Wildman–Crippen LogP) is 4.50. The first-order chi connectivity index (χ1) is 19.8. The van der Waals surface area contributed by atoms with Gasteiger partial charge in [0.05, 0.1) is 43.0 Å². The molecule has 2 aromatic heterocycles. The largest absolute Gasteiger partial charge is 0.371 e. The predicted molar refractivity (Wildman–Crippen MR) is 155 cm³/mol. The second-order valence-corrected chi connectivity index (χ2v) is 12.7. The summed E-state index contributed by atoms with van der Waals surface area (Å²) < 4.78 is 20.8. The van der Waals surface area contributed by atoms with Gasteiger partial charge in [-0.25, -0.2) is 19.4 Å². The number of carbonyl (C=O) groups excluding carboxylic acids is 1. The third-order valence-electron chi connectivity index (χ3n) is 8.92. The van der Waals surface area contributed by atoms with Gasteiger partial charge >= 0.3 is 6.03 Å². The number of amides is 2. The maximum atomic E-state index is 11.8. The molecule has 218 valence electrons. The first kappa shape index (κ1) is 26.6. The highest BCUT2D eigenvalue weighted by Crippen LogP contribution is 2.43. The number of rotatable bonds is 4. The van der Waals surface area contributed by atoms with Gasteiger partial charge in [0.15, 0.2) is 17.3 Å². The summed E-state index contributed by atoms with van der Waals surface area (Å²) in [4.78, 5) is 24.3. The maximum absolute atomic E-state index is 11.8. The molecule has 1 spiro atoms. The van der Waals surface area contributed by atoms with Crippen LogP contribution in [0.1, 0.15) is 58.4 Å². The minimum absolute atomic E-state index is 0.0552.